The maximum Gasteiger partial charge on any atom is 0.371 e. The largest absolute Gasteiger partial charge is 0.475 e. The number of benzene rings is 1. The van der Waals surface area contributed by atoms with Crippen LogP contribution >= 0.6 is 0 Å². The van der Waals surface area contributed by atoms with Crippen LogP contribution in [0.3, 0.4) is 0 Å². The quantitative estimate of drug-likeness (QED) is 0.847. The highest BCUT2D eigenvalue weighted by molar-refractivity contribution is 5.84. The van der Waals surface area contributed by atoms with Gasteiger partial charge < -0.3 is 19.6 Å². The molecule has 1 heterocycles. The average Bonchev–Trinajstić information content (AvgIpc) is 2.80. The third kappa shape index (κ3) is 3.19. The van der Waals surface area contributed by atoms with Crippen molar-refractivity contribution in [2.45, 2.75) is 20.1 Å². The summed E-state index contributed by atoms with van der Waals surface area (Å²) in [6, 6.07) is 9.37. The summed E-state index contributed by atoms with van der Waals surface area (Å²) in [5, 5.41) is 12.2. The lowest BCUT2D eigenvalue weighted by Gasteiger charge is -2.10. The van der Waals surface area contributed by atoms with Crippen LogP contribution in [0.4, 0.5) is 5.69 Å². The zero-order chi connectivity index (χ0) is 14.5. The first-order valence-electron chi connectivity index (χ1n) is 6.25. The number of rotatable bonds is 6. The second kappa shape index (κ2) is 6.25. The molecule has 0 radical (unpaired) electrons. The first-order chi connectivity index (χ1) is 9.61. The van der Waals surface area contributed by atoms with Crippen molar-refractivity contribution in [2.75, 3.05) is 12.4 Å². The van der Waals surface area contributed by atoms with Gasteiger partial charge in [-0.15, -0.1) is 0 Å². The van der Waals surface area contributed by atoms with Crippen LogP contribution < -0.4 is 5.32 Å². The summed E-state index contributed by atoms with van der Waals surface area (Å²) < 4.78 is 10.3. The second-order valence-corrected chi connectivity index (χ2v) is 4.44. The number of carbonyl (C=O) groups is 1. The number of carboxylic acid groups (broad SMARTS) is 1. The van der Waals surface area contributed by atoms with Crippen molar-refractivity contribution in [2.24, 2.45) is 0 Å². The molecule has 0 amide bonds. The Kier molecular flexibility index (Phi) is 4.42. The zero-order valence-corrected chi connectivity index (χ0v) is 11.5. The van der Waals surface area contributed by atoms with Gasteiger partial charge in [0.1, 0.15) is 5.76 Å². The maximum absolute atomic E-state index is 10.8. The number of carboxylic acids is 1. The Balaban J connectivity index is 2.11. The van der Waals surface area contributed by atoms with E-state index in [2.05, 4.69) is 5.32 Å². The minimum Gasteiger partial charge on any atom is -0.475 e. The van der Waals surface area contributed by atoms with Gasteiger partial charge in [-0.1, -0.05) is 18.2 Å². The van der Waals surface area contributed by atoms with Gasteiger partial charge in [-0.25, -0.2) is 4.79 Å². The van der Waals surface area contributed by atoms with Crippen LogP contribution in [0.5, 0.6) is 0 Å². The van der Waals surface area contributed by atoms with Gasteiger partial charge in [0.05, 0.1) is 6.61 Å². The standard InChI is InChI=1S/C15H17NO4/c1-10-12(7-14(20-10)15(17)18)8-16-13-6-4-3-5-11(13)9-19-2/h3-7,16H,8-9H2,1-2H3,(H,17,18). The van der Waals surface area contributed by atoms with E-state index in [0.717, 1.165) is 16.8 Å². The van der Waals surface area contributed by atoms with Crippen molar-refractivity contribution >= 4 is 11.7 Å². The number of nitrogens with one attached hydrogen (secondary N) is 1. The van der Waals surface area contributed by atoms with Gasteiger partial charge in [-0.05, 0) is 19.1 Å². The number of hydrogen-bond donors (Lipinski definition) is 2. The highest BCUT2D eigenvalue weighted by atomic mass is 16.5. The van der Waals surface area contributed by atoms with Gasteiger partial charge in [0, 0.05) is 30.5 Å². The molecule has 0 saturated carbocycles. The zero-order valence-electron chi connectivity index (χ0n) is 11.5. The van der Waals surface area contributed by atoms with Gasteiger partial charge in [0.15, 0.2) is 0 Å². The van der Waals surface area contributed by atoms with E-state index in [1.807, 2.05) is 24.3 Å². The van der Waals surface area contributed by atoms with Crippen LogP contribution in [0, 0.1) is 6.92 Å². The highest BCUT2D eigenvalue weighted by Gasteiger charge is 2.13. The number of furan rings is 1. The molecule has 2 rings (SSSR count). The molecule has 1 aromatic heterocycles. The van der Waals surface area contributed by atoms with Gasteiger partial charge in [-0.3, -0.25) is 0 Å². The summed E-state index contributed by atoms with van der Waals surface area (Å²) in [4.78, 5) is 10.8. The Labute approximate surface area is 117 Å². The first-order valence-corrected chi connectivity index (χ1v) is 6.25. The molecule has 0 atom stereocenters. The average molecular weight is 275 g/mol. The Morgan fingerprint density at radius 1 is 1.35 bits per heavy atom. The van der Waals surface area contributed by atoms with Gasteiger partial charge in [0.2, 0.25) is 5.76 Å². The van der Waals surface area contributed by atoms with Crippen molar-refractivity contribution < 1.29 is 19.1 Å². The number of aromatic carboxylic acids is 1. The van der Waals surface area contributed by atoms with Crippen molar-refractivity contribution in [3.8, 4) is 0 Å². The Hall–Kier alpha value is -2.27. The van der Waals surface area contributed by atoms with Gasteiger partial charge >= 0.3 is 5.97 Å². The third-order valence-corrected chi connectivity index (χ3v) is 3.02. The molecule has 20 heavy (non-hydrogen) atoms. The van der Waals surface area contributed by atoms with Crippen LogP contribution in [0.2, 0.25) is 0 Å². The second-order valence-electron chi connectivity index (χ2n) is 4.44. The predicted octanol–water partition coefficient (Wildman–Crippen LogP) is 3.04. The molecule has 0 saturated heterocycles. The molecule has 0 unspecified atom stereocenters. The SMILES string of the molecule is COCc1ccccc1NCc1cc(C(=O)O)oc1C. The number of hydrogen-bond acceptors (Lipinski definition) is 4. The highest BCUT2D eigenvalue weighted by Crippen LogP contribution is 2.20. The van der Waals surface area contributed by atoms with E-state index >= 15 is 0 Å². The number of aryl methyl sites for hydroxylation is 1. The lowest BCUT2D eigenvalue weighted by molar-refractivity contribution is 0.0661. The predicted molar refractivity (Wildman–Crippen MR) is 74.9 cm³/mol. The minimum absolute atomic E-state index is 0.0375. The minimum atomic E-state index is -1.06. The summed E-state index contributed by atoms with van der Waals surface area (Å²) >= 11 is 0. The Bertz CT molecular complexity index is 604. The lowest BCUT2D eigenvalue weighted by Crippen LogP contribution is -2.03. The van der Waals surface area contributed by atoms with E-state index in [4.69, 9.17) is 14.3 Å². The van der Waals surface area contributed by atoms with Gasteiger partial charge in [-0.2, -0.15) is 0 Å². The number of para-hydroxylation sites is 1. The Morgan fingerprint density at radius 3 is 2.75 bits per heavy atom. The third-order valence-electron chi connectivity index (χ3n) is 3.02. The van der Waals surface area contributed by atoms with Crippen LogP contribution in [0.15, 0.2) is 34.7 Å². The summed E-state index contributed by atoms with van der Waals surface area (Å²) in [5.41, 5.74) is 2.84. The molecule has 5 nitrogen and oxygen atoms in total. The summed E-state index contributed by atoms with van der Waals surface area (Å²) in [6.45, 7) is 2.78. The topological polar surface area (TPSA) is 71.7 Å². The molecule has 0 aliphatic rings. The molecular weight excluding hydrogens is 258 g/mol. The molecule has 0 aliphatic carbocycles. The first kappa shape index (κ1) is 14.1. The molecule has 1 aromatic carbocycles. The molecule has 0 aliphatic heterocycles. The Morgan fingerprint density at radius 2 is 2.10 bits per heavy atom. The summed E-state index contributed by atoms with van der Waals surface area (Å²) in [5.74, 6) is -0.484. The normalized spacial score (nSPS) is 10.5. The summed E-state index contributed by atoms with van der Waals surface area (Å²) in [7, 11) is 1.65. The van der Waals surface area contributed by atoms with E-state index < -0.39 is 5.97 Å². The van der Waals surface area contributed by atoms with E-state index in [-0.39, 0.29) is 5.76 Å². The lowest BCUT2D eigenvalue weighted by atomic mass is 10.1. The number of anilines is 1. The molecule has 0 spiro atoms. The molecule has 2 N–H and O–H groups in total. The smallest absolute Gasteiger partial charge is 0.371 e. The fraction of sp³-hybridized carbons (Fsp3) is 0.267. The maximum atomic E-state index is 10.8. The molecule has 0 fully saturated rings. The molecule has 2 aromatic rings. The van der Waals surface area contributed by atoms with Crippen LogP contribution in [-0.2, 0) is 17.9 Å². The molecule has 106 valence electrons. The fourth-order valence-corrected chi connectivity index (χ4v) is 1.97. The van der Waals surface area contributed by atoms with Crippen molar-refractivity contribution in [1.82, 2.24) is 0 Å². The molecular formula is C15H17NO4. The van der Waals surface area contributed by atoms with Gasteiger partial charge in [0.25, 0.3) is 0 Å². The van der Waals surface area contributed by atoms with Crippen molar-refractivity contribution in [3.63, 3.8) is 0 Å². The number of methoxy groups -OCH3 is 1. The molecule has 5 heteroatoms. The monoisotopic (exact) mass is 275 g/mol. The van der Waals surface area contributed by atoms with Crippen molar-refractivity contribution in [3.05, 3.63) is 53.0 Å². The fourth-order valence-electron chi connectivity index (χ4n) is 1.97. The molecule has 0 bridgehead atoms. The summed E-state index contributed by atoms with van der Waals surface area (Å²) in [6.07, 6.45) is 0. The van der Waals surface area contributed by atoms with Crippen LogP contribution in [0.25, 0.3) is 0 Å². The van der Waals surface area contributed by atoms with Crippen LogP contribution in [-0.4, -0.2) is 18.2 Å². The van der Waals surface area contributed by atoms with E-state index in [1.54, 1.807) is 20.1 Å². The number of ether oxygens (including phenoxy) is 1. The van der Waals surface area contributed by atoms with E-state index in [1.165, 1.54) is 0 Å². The van der Waals surface area contributed by atoms with E-state index in [9.17, 15) is 4.79 Å². The van der Waals surface area contributed by atoms with Crippen LogP contribution in [0.1, 0.15) is 27.4 Å². The van der Waals surface area contributed by atoms with E-state index in [0.29, 0.717) is 18.9 Å². The van der Waals surface area contributed by atoms with Crippen molar-refractivity contribution in [1.29, 1.82) is 0 Å².